The van der Waals surface area contributed by atoms with Crippen molar-refractivity contribution in [1.29, 1.82) is 0 Å². The van der Waals surface area contributed by atoms with Crippen LogP contribution in [0.5, 0.6) is 0 Å². The van der Waals surface area contributed by atoms with Crippen LogP contribution in [-0.2, 0) is 4.79 Å². The Bertz CT molecular complexity index is 231. The number of β-amino-alcohol motifs (C(OH)–C–C–N with tert-alkyl or cyclic N) is 1. The Hall–Kier alpha value is -0.570. The molecule has 1 aliphatic heterocycles. The highest BCUT2D eigenvalue weighted by Gasteiger charge is 2.23. The van der Waals surface area contributed by atoms with Crippen molar-refractivity contribution in [2.45, 2.75) is 77.2 Å². The predicted molar refractivity (Wildman–Crippen MR) is 74.4 cm³/mol. The molecule has 0 aromatic heterocycles. The Morgan fingerprint density at radius 1 is 1.11 bits per heavy atom. The molecule has 0 spiro atoms. The van der Waals surface area contributed by atoms with Crippen LogP contribution in [-0.4, -0.2) is 35.1 Å². The average Bonchev–Trinajstić information content (AvgIpc) is 2.79. The zero-order valence-corrected chi connectivity index (χ0v) is 11.9. The lowest BCUT2D eigenvalue weighted by Gasteiger charge is -2.15. The minimum Gasteiger partial charge on any atom is -0.391 e. The van der Waals surface area contributed by atoms with E-state index in [9.17, 15) is 9.90 Å². The van der Waals surface area contributed by atoms with Crippen molar-refractivity contribution in [3.8, 4) is 0 Å². The lowest BCUT2D eigenvalue weighted by atomic mass is 10.1. The van der Waals surface area contributed by atoms with Crippen LogP contribution in [0.1, 0.15) is 71.1 Å². The number of likely N-dealkylation sites (tertiary alicyclic amines) is 1. The number of hydrogen-bond donors (Lipinski definition) is 1. The van der Waals surface area contributed by atoms with Crippen molar-refractivity contribution >= 4 is 5.91 Å². The second kappa shape index (κ2) is 9.37. The normalized spacial score (nSPS) is 19.4. The smallest absolute Gasteiger partial charge is 0.222 e. The third-order valence-corrected chi connectivity index (χ3v) is 3.76. The number of carbonyl (C=O) groups is 1. The summed E-state index contributed by atoms with van der Waals surface area (Å²) in [7, 11) is 0. The van der Waals surface area contributed by atoms with E-state index in [0.717, 1.165) is 19.4 Å². The summed E-state index contributed by atoms with van der Waals surface area (Å²) in [6.45, 7) is 3.54. The number of aliphatic hydroxyl groups excluding tert-OH is 1. The summed E-state index contributed by atoms with van der Waals surface area (Å²) in [5.41, 5.74) is 0. The molecule has 0 aliphatic carbocycles. The molecule has 1 fully saturated rings. The van der Waals surface area contributed by atoms with Gasteiger partial charge in [-0.25, -0.2) is 0 Å². The number of hydrogen-bond acceptors (Lipinski definition) is 2. The van der Waals surface area contributed by atoms with Crippen LogP contribution >= 0.6 is 0 Å². The Morgan fingerprint density at radius 2 is 1.72 bits per heavy atom. The topological polar surface area (TPSA) is 40.5 Å². The van der Waals surface area contributed by atoms with Gasteiger partial charge in [0.25, 0.3) is 0 Å². The molecule has 1 rings (SSSR count). The molecule has 0 aromatic carbocycles. The van der Waals surface area contributed by atoms with Crippen molar-refractivity contribution in [2.75, 3.05) is 13.1 Å². The fraction of sp³-hybridized carbons (Fsp3) is 0.933. The molecule has 106 valence electrons. The molecule has 0 aromatic rings. The SMILES string of the molecule is CCCCCCCCCCC(=O)N1CCC(O)C1. The maximum absolute atomic E-state index is 11.8. The van der Waals surface area contributed by atoms with E-state index in [0.29, 0.717) is 13.0 Å². The minimum absolute atomic E-state index is 0.234. The number of aliphatic hydroxyl groups is 1. The third-order valence-electron chi connectivity index (χ3n) is 3.76. The van der Waals surface area contributed by atoms with E-state index >= 15 is 0 Å². The molecule has 1 unspecified atom stereocenters. The number of nitrogens with zero attached hydrogens (tertiary/aromatic N) is 1. The molecule has 1 N–H and O–H groups in total. The number of rotatable bonds is 9. The second-order valence-corrected chi connectivity index (χ2v) is 5.51. The van der Waals surface area contributed by atoms with Gasteiger partial charge in [0.2, 0.25) is 5.91 Å². The standard InChI is InChI=1S/C15H29NO2/c1-2-3-4-5-6-7-8-9-10-15(18)16-12-11-14(17)13-16/h14,17H,2-13H2,1H3. The van der Waals surface area contributed by atoms with E-state index in [2.05, 4.69) is 6.92 Å². The predicted octanol–water partition coefficient (Wildman–Crippen LogP) is 3.11. The van der Waals surface area contributed by atoms with Crippen LogP contribution in [0.3, 0.4) is 0 Å². The van der Waals surface area contributed by atoms with E-state index in [4.69, 9.17) is 0 Å². The van der Waals surface area contributed by atoms with Crippen LogP contribution in [0.4, 0.5) is 0 Å². The molecule has 3 nitrogen and oxygen atoms in total. The van der Waals surface area contributed by atoms with Crippen molar-refractivity contribution in [3.05, 3.63) is 0 Å². The van der Waals surface area contributed by atoms with E-state index in [-0.39, 0.29) is 12.0 Å². The molecule has 3 heteroatoms. The van der Waals surface area contributed by atoms with Gasteiger partial charge in [-0.1, -0.05) is 51.9 Å². The van der Waals surface area contributed by atoms with Gasteiger partial charge in [-0.15, -0.1) is 0 Å². The van der Waals surface area contributed by atoms with Gasteiger partial charge in [-0.05, 0) is 12.8 Å². The monoisotopic (exact) mass is 255 g/mol. The molecule has 0 radical (unpaired) electrons. The maximum Gasteiger partial charge on any atom is 0.222 e. The molecule has 1 atom stereocenters. The zero-order valence-electron chi connectivity index (χ0n) is 11.9. The van der Waals surface area contributed by atoms with E-state index in [1.807, 2.05) is 4.90 Å². The molecule has 0 saturated carbocycles. The first-order chi connectivity index (χ1) is 8.74. The summed E-state index contributed by atoms with van der Waals surface area (Å²) < 4.78 is 0. The highest BCUT2D eigenvalue weighted by Crippen LogP contribution is 2.13. The van der Waals surface area contributed by atoms with Gasteiger partial charge >= 0.3 is 0 Å². The highest BCUT2D eigenvalue weighted by molar-refractivity contribution is 5.76. The largest absolute Gasteiger partial charge is 0.391 e. The van der Waals surface area contributed by atoms with Crippen molar-refractivity contribution in [2.24, 2.45) is 0 Å². The third kappa shape index (κ3) is 6.39. The lowest BCUT2D eigenvalue weighted by molar-refractivity contribution is -0.130. The molecule has 1 heterocycles. The lowest BCUT2D eigenvalue weighted by Crippen LogP contribution is -2.29. The fourth-order valence-corrected chi connectivity index (χ4v) is 2.54. The Morgan fingerprint density at radius 3 is 2.28 bits per heavy atom. The Kier molecular flexibility index (Phi) is 8.06. The first-order valence-electron chi connectivity index (χ1n) is 7.70. The molecular weight excluding hydrogens is 226 g/mol. The molecule has 1 saturated heterocycles. The summed E-state index contributed by atoms with van der Waals surface area (Å²) in [5, 5.41) is 9.37. The van der Waals surface area contributed by atoms with Gasteiger partial charge < -0.3 is 10.0 Å². The first-order valence-corrected chi connectivity index (χ1v) is 7.70. The summed E-state index contributed by atoms with van der Waals surface area (Å²) >= 11 is 0. The highest BCUT2D eigenvalue weighted by atomic mass is 16.3. The van der Waals surface area contributed by atoms with Crippen LogP contribution in [0, 0.1) is 0 Å². The van der Waals surface area contributed by atoms with Crippen molar-refractivity contribution < 1.29 is 9.90 Å². The van der Waals surface area contributed by atoms with Gasteiger partial charge in [0.05, 0.1) is 6.10 Å². The van der Waals surface area contributed by atoms with Crippen molar-refractivity contribution in [1.82, 2.24) is 4.90 Å². The molecular formula is C15H29NO2. The molecule has 1 amide bonds. The first kappa shape index (κ1) is 15.5. The van der Waals surface area contributed by atoms with E-state index < -0.39 is 0 Å². The van der Waals surface area contributed by atoms with Crippen LogP contribution in [0.2, 0.25) is 0 Å². The molecule has 1 aliphatic rings. The Balaban J connectivity index is 1.90. The van der Waals surface area contributed by atoms with Gasteiger partial charge in [0, 0.05) is 19.5 Å². The quantitative estimate of drug-likeness (QED) is 0.643. The van der Waals surface area contributed by atoms with Gasteiger partial charge in [0.15, 0.2) is 0 Å². The Labute approximate surface area is 112 Å². The van der Waals surface area contributed by atoms with E-state index in [1.165, 1.54) is 44.9 Å². The van der Waals surface area contributed by atoms with Gasteiger partial charge in [0.1, 0.15) is 0 Å². The minimum atomic E-state index is -0.285. The van der Waals surface area contributed by atoms with Gasteiger partial charge in [-0.3, -0.25) is 4.79 Å². The number of unbranched alkanes of at least 4 members (excludes halogenated alkanes) is 7. The summed E-state index contributed by atoms with van der Waals surface area (Å²) in [5.74, 6) is 0.234. The van der Waals surface area contributed by atoms with Crippen LogP contribution < -0.4 is 0 Å². The second-order valence-electron chi connectivity index (χ2n) is 5.51. The van der Waals surface area contributed by atoms with E-state index in [1.54, 1.807) is 0 Å². The summed E-state index contributed by atoms with van der Waals surface area (Å²) in [6.07, 6.45) is 11.3. The zero-order chi connectivity index (χ0) is 13.2. The maximum atomic E-state index is 11.8. The average molecular weight is 255 g/mol. The number of amides is 1. The van der Waals surface area contributed by atoms with Gasteiger partial charge in [-0.2, -0.15) is 0 Å². The van der Waals surface area contributed by atoms with Crippen LogP contribution in [0.25, 0.3) is 0 Å². The summed E-state index contributed by atoms with van der Waals surface area (Å²) in [4.78, 5) is 13.6. The fourth-order valence-electron chi connectivity index (χ4n) is 2.54. The van der Waals surface area contributed by atoms with Crippen molar-refractivity contribution in [3.63, 3.8) is 0 Å². The molecule has 0 bridgehead atoms. The van der Waals surface area contributed by atoms with Crippen LogP contribution in [0.15, 0.2) is 0 Å². The summed E-state index contributed by atoms with van der Waals surface area (Å²) in [6, 6.07) is 0. The molecule has 18 heavy (non-hydrogen) atoms. The number of carbonyl (C=O) groups excluding carboxylic acids is 1.